The Labute approximate surface area is 134 Å². The van der Waals surface area contributed by atoms with Crippen LogP contribution < -0.4 is 10.1 Å². The molecule has 1 heterocycles. The van der Waals surface area contributed by atoms with Crippen LogP contribution >= 0.6 is 39.1 Å². The summed E-state index contributed by atoms with van der Waals surface area (Å²) in [5.41, 5.74) is 0.561. The molecular weight excluding hydrogens is 367 g/mol. The second-order valence-corrected chi connectivity index (χ2v) is 5.47. The lowest BCUT2D eigenvalue weighted by atomic mass is 10.2. The highest BCUT2D eigenvalue weighted by atomic mass is 79.9. The molecule has 20 heavy (non-hydrogen) atoms. The molecule has 104 valence electrons. The molecule has 0 aliphatic heterocycles. The molecule has 0 atom stereocenters. The van der Waals surface area contributed by atoms with Crippen LogP contribution in [-0.2, 0) is 0 Å². The summed E-state index contributed by atoms with van der Waals surface area (Å²) >= 11 is 15.0. The van der Waals surface area contributed by atoms with Crippen molar-refractivity contribution in [1.82, 2.24) is 4.98 Å². The number of rotatable bonds is 3. The van der Waals surface area contributed by atoms with Gasteiger partial charge in [0.05, 0.1) is 17.8 Å². The lowest BCUT2D eigenvalue weighted by Crippen LogP contribution is -2.15. The number of hydrogen-bond acceptors (Lipinski definition) is 3. The number of methoxy groups -OCH3 is 1. The molecule has 0 saturated carbocycles. The molecule has 7 heteroatoms. The van der Waals surface area contributed by atoms with Gasteiger partial charge in [0.15, 0.2) is 0 Å². The number of ether oxygens (including phenoxy) is 1. The number of nitrogens with zero attached hydrogens (tertiary/aromatic N) is 1. The SMILES string of the molecule is COc1ccc(Br)cc1NC(=O)c1nc(Cl)ccc1Cl. The maximum absolute atomic E-state index is 12.2. The molecule has 2 rings (SSSR count). The fraction of sp³-hybridized carbons (Fsp3) is 0.0769. The van der Waals surface area contributed by atoms with Gasteiger partial charge in [-0.25, -0.2) is 4.98 Å². The van der Waals surface area contributed by atoms with Crippen LogP contribution in [0.2, 0.25) is 10.2 Å². The van der Waals surface area contributed by atoms with Crippen molar-refractivity contribution in [3.63, 3.8) is 0 Å². The van der Waals surface area contributed by atoms with E-state index in [9.17, 15) is 4.79 Å². The van der Waals surface area contributed by atoms with Crippen molar-refractivity contribution in [3.8, 4) is 5.75 Å². The van der Waals surface area contributed by atoms with E-state index < -0.39 is 5.91 Å². The van der Waals surface area contributed by atoms with Crippen LogP contribution in [-0.4, -0.2) is 18.0 Å². The quantitative estimate of drug-likeness (QED) is 0.808. The van der Waals surface area contributed by atoms with Crippen LogP contribution in [0, 0.1) is 0 Å². The van der Waals surface area contributed by atoms with Gasteiger partial charge in [-0.1, -0.05) is 39.1 Å². The number of carbonyl (C=O) groups is 1. The molecule has 0 unspecified atom stereocenters. The summed E-state index contributed by atoms with van der Waals surface area (Å²) in [7, 11) is 1.52. The summed E-state index contributed by atoms with van der Waals surface area (Å²) in [5, 5.41) is 3.11. The standard InChI is InChI=1S/C13H9BrCl2N2O2/c1-20-10-4-2-7(14)6-9(10)17-13(19)12-8(15)3-5-11(16)18-12/h2-6H,1H3,(H,17,19). The molecular formula is C13H9BrCl2N2O2. The first-order valence-electron chi connectivity index (χ1n) is 5.48. The molecule has 1 aromatic heterocycles. The van der Waals surface area contributed by atoms with Crippen LogP contribution in [0.25, 0.3) is 0 Å². The third-order valence-electron chi connectivity index (χ3n) is 2.44. The Hall–Kier alpha value is -1.30. The number of pyridine rings is 1. The number of amides is 1. The maximum Gasteiger partial charge on any atom is 0.275 e. The van der Waals surface area contributed by atoms with Crippen molar-refractivity contribution in [2.24, 2.45) is 0 Å². The number of benzene rings is 1. The minimum Gasteiger partial charge on any atom is -0.495 e. The van der Waals surface area contributed by atoms with E-state index in [1.165, 1.54) is 19.2 Å². The second-order valence-electron chi connectivity index (χ2n) is 3.76. The number of hydrogen-bond donors (Lipinski definition) is 1. The van der Waals surface area contributed by atoms with Gasteiger partial charge in [0.2, 0.25) is 0 Å². The van der Waals surface area contributed by atoms with Crippen molar-refractivity contribution >= 4 is 50.7 Å². The number of carbonyl (C=O) groups excluding carboxylic acids is 1. The third-order valence-corrected chi connectivity index (χ3v) is 3.45. The molecule has 4 nitrogen and oxygen atoms in total. The van der Waals surface area contributed by atoms with Crippen molar-refractivity contribution in [3.05, 3.63) is 50.7 Å². The summed E-state index contributed by atoms with van der Waals surface area (Å²) in [6.07, 6.45) is 0. The highest BCUT2D eigenvalue weighted by Gasteiger charge is 2.15. The smallest absolute Gasteiger partial charge is 0.275 e. The summed E-state index contributed by atoms with van der Waals surface area (Å²) in [6, 6.07) is 8.28. The molecule has 1 amide bonds. The largest absolute Gasteiger partial charge is 0.495 e. The Morgan fingerprint density at radius 1 is 1.30 bits per heavy atom. The summed E-state index contributed by atoms with van der Waals surface area (Å²) in [6.45, 7) is 0. The first-order chi connectivity index (χ1) is 9.51. The average Bonchev–Trinajstić information content (AvgIpc) is 2.41. The third kappa shape index (κ3) is 3.42. The molecule has 0 bridgehead atoms. The van der Waals surface area contributed by atoms with Gasteiger partial charge < -0.3 is 10.1 Å². The van der Waals surface area contributed by atoms with Crippen molar-refractivity contribution in [2.45, 2.75) is 0 Å². The molecule has 0 spiro atoms. The van der Waals surface area contributed by atoms with Gasteiger partial charge >= 0.3 is 0 Å². The van der Waals surface area contributed by atoms with Crippen LogP contribution in [0.15, 0.2) is 34.8 Å². The van der Waals surface area contributed by atoms with Gasteiger partial charge in [-0.15, -0.1) is 0 Å². The van der Waals surface area contributed by atoms with Crippen LogP contribution in [0.5, 0.6) is 5.75 Å². The van der Waals surface area contributed by atoms with Gasteiger partial charge in [0.1, 0.15) is 16.6 Å². The Morgan fingerprint density at radius 2 is 2.05 bits per heavy atom. The Balaban J connectivity index is 2.32. The van der Waals surface area contributed by atoms with E-state index in [-0.39, 0.29) is 15.9 Å². The molecule has 2 aromatic rings. The number of nitrogens with one attached hydrogen (secondary N) is 1. The fourth-order valence-corrected chi connectivity index (χ4v) is 2.24. The predicted octanol–water partition coefficient (Wildman–Crippen LogP) is 4.41. The average molecular weight is 376 g/mol. The monoisotopic (exact) mass is 374 g/mol. The fourth-order valence-electron chi connectivity index (χ4n) is 1.54. The van der Waals surface area contributed by atoms with Crippen LogP contribution in [0.1, 0.15) is 10.5 Å². The van der Waals surface area contributed by atoms with Gasteiger partial charge in [-0.05, 0) is 30.3 Å². The minimum atomic E-state index is -0.464. The zero-order valence-corrected chi connectivity index (χ0v) is 13.4. The second kappa shape index (κ2) is 6.43. The van der Waals surface area contributed by atoms with Crippen molar-refractivity contribution in [1.29, 1.82) is 0 Å². The molecule has 0 aliphatic rings. The number of halogens is 3. The molecule has 0 saturated heterocycles. The topological polar surface area (TPSA) is 51.2 Å². The maximum atomic E-state index is 12.2. The molecule has 1 aromatic carbocycles. The van der Waals surface area contributed by atoms with Gasteiger partial charge in [-0.2, -0.15) is 0 Å². The first kappa shape index (κ1) is 15.1. The Bertz CT molecular complexity index is 665. The van der Waals surface area contributed by atoms with Crippen LogP contribution in [0.3, 0.4) is 0 Å². The lowest BCUT2D eigenvalue weighted by molar-refractivity contribution is 0.102. The zero-order valence-electron chi connectivity index (χ0n) is 10.3. The molecule has 0 aliphatic carbocycles. The van der Waals surface area contributed by atoms with Gasteiger partial charge in [-0.3, -0.25) is 4.79 Å². The van der Waals surface area contributed by atoms with Crippen LogP contribution in [0.4, 0.5) is 5.69 Å². The van der Waals surface area contributed by atoms with Gasteiger partial charge in [0.25, 0.3) is 5.91 Å². The molecule has 0 fully saturated rings. The van der Waals surface area contributed by atoms with Crippen molar-refractivity contribution in [2.75, 3.05) is 12.4 Å². The van der Waals surface area contributed by atoms with E-state index in [0.29, 0.717) is 11.4 Å². The first-order valence-corrected chi connectivity index (χ1v) is 7.03. The predicted molar refractivity (Wildman–Crippen MR) is 82.9 cm³/mol. The summed E-state index contributed by atoms with van der Waals surface area (Å²) in [5.74, 6) is 0.0635. The van der Waals surface area contributed by atoms with Crippen molar-refractivity contribution < 1.29 is 9.53 Å². The molecule has 1 N–H and O–H groups in total. The summed E-state index contributed by atoms with van der Waals surface area (Å²) in [4.78, 5) is 16.1. The van der Waals surface area contributed by atoms with Gasteiger partial charge in [0, 0.05) is 4.47 Å². The number of anilines is 1. The van der Waals surface area contributed by atoms with E-state index in [4.69, 9.17) is 27.9 Å². The lowest BCUT2D eigenvalue weighted by Gasteiger charge is -2.11. The highest BCUT2D eigenvalue weighted by Crippen LogP contribution is 2.29. The Kier molecular flexibility index (Phi) is 4.86. The van der Waals surface area contributed by atoms with E-state index >= 15 is 0 Å². The summed E-state index contributed by atoms with van der Waals surface area (Å²) < 4.78 is 5.98. The normalized spacial score (nSPS) is 10.2. The van der Waals surface area contributed by atoms with E-state index in [2.05, 4.69) is 26.2 Å². The number of aromatic nitrogens is 1. The Morgan fingerprint density at radius 3 is 2.75 bits per heavy atom. The zero-order chi connectivity index (χ0) is 14.7. The minimum absolute atomic E-state index is 0.0567. The molecule has 0 radical (unpaired) electrons. The van der Waals surface area contributed by atoms with E-state index in [1.807, 2.05) is 0 Å². The highest BCUT2D eigenvalue weighted by molar-refractivity contribution is 9.10. The van der Waals surface area contributed by atoms with E-state index in [0.717, 1.165) is 4.47 Å². The van der Waals surface area contributed by atoms with E-state index in [1.54, 1.807) is 18.2 Å².